The van der Waals surface area contributed by atoms with Crippen LogP contribution in [0.15, 0.2) is 84.9 Å². The Morgan fingerprint density at radius 3 is 1.41 bits per heavy atom. The van der Waals surface area contributed by atoms with Gasteiger partial charge in [-0.25, -0.2) is 0 Å². The van der Waals surface area contributed by atoms with E-state index in [4.69, 9.17) is 0 Å². The molecule has 6 aromatic carbocycles. The molecular formula is C72H89BN2. The van der Waals surface area contributed by atoms with Crippen molar-refractivity contribution in [2.75, 3.05) is 10.2 Å². The van der Waals surface area contributed by atoms with E-state index in [1.54, 1.807) is 5.56 Å². The molecule has 3 heteroatoms. The van der Waals surface area contributed by atoms with Crippen LogP contribution in [0.25, 0.3) is 22.3 Å². The topological polar surface area (TPSA) is 15.3 Å². The van der Waals surface area contributed by atoms with E-state index < -0.39 is 0 Å². The molecule has 0 aromatic heterocycles. The van der Waals surface area contributed by atoms with Crippen LogP contribution in [-0.4, -0.2) is 7.28 Å². The summed E-state index contributed by atoms with van der Waals surface area (Å²) in [6.45, 7) is 47.1. The van der Waals surface area contributed by atoms with Gasteiger partial charge in [-0.1, -0.05) is 166 Å². The van der Waals surface area contributed by atoms with Crippen molar-refractivity contribution < 1.29 is 0 Å². The molecule has 0 radical (unpaired) electrons. The highest BCUT2D eigenvalue weighted by Crippen LogP contribution is 2.59. The molecule has 0 atom stereocenters. The second-order valence-corrected chi connectivity index (χ2v) is 31.0. The molecule has 0 saturated carbocycles. The van der Waals surface area contributed by atoms with Crippen LogP contribution in [0, 0.1) is 6.92 Å². The molecule has 390 valence electrons. The molecule has 2 nitrogen and oxygen atoms in total. The Morgan fingerprint density at radius 1 is 0.387 bits per heavy atom. The Balaban J connectivity index is 1.15. The number of benzene rings is 6. The van der Waals surface area contributed by atoms with Crippen molar-refractivity contribution in [1.82, 2.24) is 0 Å². The number of rotatable bonds is 4. The highest BCUT2D eigenvalue weighted by molar-refractivity contribution is 6.73. The maximum atomic E-state index is 4.25. The molecule has 5 aliphatic carbocycles. The van der Waals surface area contributed by atoms with E-state index in [1.165, 1.54) is 169 Å². The van der Waals surface area contributed by atoms with Gasteiger partial charge in [0.15, 0.2) is 7.28 Å². The Labute approximate surface area is 454 Å². The Morgan fingerprint density at radius 2 is 0.853 bits per heavy atom. The van der Waals surface area contributed by atoms with E-state index in [0.717, 1.165) is 7.28 Å². The molecule has 6 aliphatic rings. The first kappa shape index (κ1) is 50.8. The minimum Gasteiger partial charge on any atom is -0.355 e. The average Bonchev–Trinajstić information content (AvgIpc) is 3.65. The van der Waals surface area contributed by atoms with Gasteiger partial charge in [0, 0.05) is 39.4 Å². The fraction of sp³-hybridized carbons (Fsp3) is 0.500. The van der Waals surface area contributed by atoms with E-state index >= 15 is 0 Å². The molecule has 0 spiro atoms. The number of hydrogen-bond acceptors (Lipinski definition) is 2. The van der Waals surface area contributed by atoms with E-state index in [1.807, 2.05) is 0 Å². The first-order chi connectivity index (χ1) is 34.7. The van der Waals surface area contributed by atoms with Crippen molar-refractivity contribution in [1.29, 1.82) is 0 Å². The maximum Gasteiger partial charge on any atom is 0.198 e. The van der Waals surface area contributed by atoms with Gasteiger partial charge in [-0.15, -0.1) is 0 Å². The molecule has 6 aromatic rings. The largest absolute Gasteiger partial charge is 0.355 e. The molecule has 0 fully saturated rings. The van der Waals surface area contributed by atoms with Crippen molar-refractivity contribution in [3.8, 4) is 22.3 Å². The van der Waals surface area contributed by atoms with Gasteiger partial charge in [-0.3, -0.25) is 0 Å². The SMILES string of the molecule is Cc1cc(-c2c(Nc3ccc4c(c3)C(C)(C)CCC4(C)C)ccc3c2C(C)(C)c2cc4c(cc2-3)C(C)(C)CCC4(C)C)c2c(c1)N(c1ccc3c(c1)C(C)(C)CCC3(C)C)c1cc3c(cc1B2)C(C)(C)CCC3(C)C. The van der Waals surface area contributed by atoms with Gasteiger partial charge in [0.05, 0.1) is 0 Å². The van der Waals surface area contributed by atoms with Crippen LogP contribution < -0.4 is 21.1 Å². The first-order valence-electron chi connectivity index (χ1n) is 29.3. The van der Waals surface area contributed by atoms with Crippen LogP contribution in [0.5, 0.6) is 0 Å². The monoisotopic (exact) mass is 993 g/mol. The first-order valence-corrected chi connectivity index (χ1v) is 29.3. The smallest absolute Gasteiger partial charge is 0.198 e. The molecular weight excluding hydrogens is 904 g/mol. The number of fused-ring (bicyclic) bond motifs is 9. The Kier molecular flexibility index (Phi) is 10.7. The van der Waals surface area contributed by atoms with Crippen molar-refractivity contribution in [3.05, 3.63) is 146 Å². The predicted octanol–water partition coefficient (Wildman–Crippen LogP) is 18.3. The second kappa shape index (κ2) is 15.8. The zero-order chi connectivity index (χ0) is 53.7. The molecule has 1 aliphatic heterocycles. The number of hydrogen-bond donors (Lipinski definition) is 1. The van der Waals surface area contributed by atoms with Gasteiger partial charge >= 0.3 is 0 Å². The number of aryl methyl sites for hydroxylation is 1. The van der Waals surface area contributed by atoms with Crippen molar-refractivity contribution >= 4 is 46.6 Å². The lowest BCUT2D eigenvalue weighted by Gasteiger charge is -2.45. The fourth-order valence-electron chi connectivity index (χ4n) is 15.9. The summed E-state index contributed by atoms with van der Waals surface area (Å²) >= 11 is 0. The van der Waals surface area contributed by atoms with E-state index in [2.05, 4.69) is 227 Å². The third kappa shape index (κ3) is 7.59. The quantitative estimate of drug-likeness (QED) is 0.177. The third-order valence-corrected chi connectivity index (χ3v) is 21.6. The predicted molar refractivity (Wildman–Crippen MR) is 326 cm³/mol. The zero-order valence-electron chi connectivity index (χ0n) is 49.9. The lowest BCUT2D eigenvalue weighted by Crippen LogP contribution is -2.44. The van der Waals surface area contributed by atoms with Gasteiger partial charge in [0.25, 0.3) is 0 Å². The van der Waals surface area contributed by atoms with Crippen LogP contribution in [0.2, 0.25) is 0 Å². The van der Waals surface area contributed by atoms with Crippen LogP contribution in [0.1, 0.15) is 237 Å². The van der Waals surface area contributed by atoms with E-state index in [9.17, 15) is 0 Å². The van der Waals surface area contributed by atoms with Gasteiger partial charge in [0.1, 0.15) is 0 Å². The second-order valence-electron chi connectivity index (χ2n) is 31.0. The third-order valence-electron chi connectivity index (χ3n) is 21.6. The average molecular weight is 993 g/mol. The molecule has 1 N–H and O–H groups in total. The molecule has 0 amide bonds. The number of nitrogens with zero attached hydrogens (tertiary/aromatic N) is 1. The number of nitrogens with one attached hydrogen (secondary N) is 1. The summed E-state index contributed by atoms with van der Waals surface area (Å²) in [5.74, 6) is 0. The minimum atomic E-state index is -0.263. The van der Waals surface area contributed by atoms with E-state index in [-0.39, 0.29) is 48.7 Å². The summed E-state index contributed by atoms with van der Waals surface area (Å²) in [5, 5.41) is 4.25. The summed E-state index contributed by atoms with van der Waals surface area (Å²) in [5.41, 5.74) is 31.7. The normalized spacial score (nSPS) is 22.4. The molecule has 75 heavy (non-hydrogen) atoms. The molecule has 12 rings (SSSR count). The number of anilines is 5. The zero-order valence-corrected chi connectivity index (χ0v) is 49.9. The van der Waals surface area contributed by atoms with Crippen LogP contribution in [0.3, 0.4) is 0 Å². The van der Waals surface area contributed by atoms with Gasteiger partial charge < -0.3 is 10.2 Å². The molecule has 0 unspecified atom stereocenters. The highest BCUT2D eigenvalue weighted by atomic mass is 15.2. The lowest BCUT2D eigenvalue weighted by atomic mass is 9.54. The molecule has 1 heterocycles. The summed E-state index contributed by atoms with van der Waals surface area (Å²) in [4.78, 5) is 2.72. The summed E-state index contributed by atoms with van der Waals surface area (Å²) in [6, 6.07) is 35.7. The maximum absolute atomic E-state index is 4.25. The fourth-order valence-corrected chi connectivity index (χ4v) is 15.9. The van der Waals surface area contributed by atoms with Gasteiger partial charge in [0.2, 0.25) is 0 Å². The molecule has 0 saturated heterocycles. The minimum absolute atomic E-state index is 0.0823. The Hall–Kier alpha value is -5.02. The highest BCUT2D eigenvalue weighted by Gasteiger charge is 2.47. The van der Waals surface area contributed by atoms with Crippen LogP contribution in [-0.2, 0) is 48.7 Å². The Bertz CT molecular complexity index is 3430. The van der Waals surface area contributed by atoms with Crippen molar-refractivity contribution in [2.45, 2.75) is 232 Å². The standard InChI is InChI=1S/C72H89BN2/c1-42-34-47(63-60(35-42)75(44-21-24-49-52(37-44)67(8,9)29-27-65(49,4)5)59-41-56-55(40-57(59)73-63)70(14,15)32-33-71(56,16)17)61-58(74-43-20-23-48-51(36-43)66(6,7)28-26-64(48,2)3)25-22-45-46-38-53-54(39-50(46)72(18,19)62(45)61)69(12,13)31-30-68(53,10)11/h20-25,34-41,73-74H,26-33H2,1-19H3. The summed E-state index contributed by atoms with van der Waals surface area (Å²) < 4.78 is 0. The summed E-state index contributed by atoms with van der Waals surface area (Å²) in [6.07, 6.45) is 9.59. The lowest BCUT2D eigenvalue weighted by molar-refractivity contribution is 0.331. The summed E-state index contributed by atoms with van der Waals surface area (Å²) in [7, 11) is 0.874. The van der Waals surface area contributed by atoms with Crippen LogP contribution >= 0.6 is 0 Å². The van der Waals surface area contributed by atoms with Crippen LogP contribution in [0.4, 0.5) is 28.4 Å². The van der Waals surface area contributed by atoms with Gasteiger partial charge in [-0.2, -0.15) is 0 Å². The van der Waals surface area contributed by atoms with Crippen molar-refractivity contribution in [3.63, 3.8) is 0 Å². The van der Waals surface area contributed by atoms with E-state index in [0.29, 0.717) is 0 Å². The van der Waals surface area contributed by atoms with Crippen molar-refractivity contribution in [2.24, 2.45) is 0 Å². The van der Waals surface area contributed by atoms with Gasteiger partial charge in [-0.05, 0) is 233 Å². The molecule has 0 bridgehead atoms.